The lowest BCUT2D eigenvalue weighted by Crippen LogP contribution is -2.02. The summed E-state index contributed by atoms with van der Waals surface area (Å²) in [4.78, 5) is 19.3. The number of hydrogen-bond donors (Lipinski definition) is 0. The maximum atomic E-state index is 11.1. The number of rotatable bonds is 3. The van der Waals surface area contributed by atoms with E-state index in [9.17, 15) is 4.79 Å². The third-order valence-corrected chi connectivity index (χ3v) is 2.51. The van der Waals surface area contributed by atoms with Gasteiger partial charge in [0, 0.05) is 24.9 Å². The third-order valence-electron chi connectivity index (χ3n) is 2.51. The molecule has 2 rings (SSSR count). The van der Waals surface area contributed by atoms with Crippen molar-refractivity contribution in [2.24, 2.45) is 0 Å². The van der Waals surface area contributed by atoms with Gasteiger partial charge in [-0.2, -0.15) is 0 Å². The maximum absolute atomic E-state index is 11.1. The zero-order valence-corrected chi connectivity index (χ0v) is 10.8. The number of aromatic nitrogens is 2. The Morgan fingerprint density at radius 2 is 2.00 bits per heavy atom. The summed E-state index contributed by atoms with van der Waals surface area (Å²) in [6.45, 7) is 3.32. The number of benzene rings is 1. The molecule has 0 spiro atoms. The molecule has 0 N–H and O–H groups in total. The number of carbonyl (C=O) groups is 1. The molecule has 19 heavy (non-hydrogen) atoms. The monoisotopic (exact) mass is 254 g/mol. The molecule has 0 saturated carbocycles. The standard InChI is InChI=1S/C15H14N2O2/c1-11(14-10-16-7-8-17-14)9-13-5-3-4-6-15(13)19-12(2)18/h3-10H,1-2H3. The first-order chi connectivity index (χ1) is 9.16. The summed E-state index contributed by atoms with van der Waals surface area (Å²) in [6, 6.07) is 7.37. The quantitative estimate of drug-likeness (QED) is 0.624. The molecule has 2 aromatic rings. The third kappa shape index (κ3) is 3.48. The second-order valence-corrected chi connectivity index (χ2v) is 4.05. The Bertz CT molecular complexity index is 607. The van der Waals surface area contributed by atoms with Gasteiger partial charge in [-0.05, 0) is 24.6 Å². The first-order valence-electron chi connectivity index (χ1n) is 5.89. The Balaban J connectivity index is 2.35. The zero-order valence-electron chi connectivity index (χ0n) is 10.8. The molecule has 0 aliphatic rings. The number of carbonyl (C=O) groups excluding carboxylic acids is 1. The first kappa shape index (κ1) is 13.0. The van der Waals surface area contributed by atoms with Crippen LogP contribution in [0.25, 0.3) is 11.6 Å². The van der Waals surface area contributed by atoms with Crippen LogP contribution in [0, 0.1) is 0 Å². The van der Waals surface area contributed by atoms with Crippen molar-refractivity contribution >= 4 is 17.6 Å². The van der Waals surface area contributed by atoms with Gasteiger partial charge in [0.05, 0.1) is 11.9 Å². The summed E-state index contributed by atoms with van der Waals surface area (Å²) in [7, 11) is 0. The Hall–Kier alpha value is -2.49. The second-order valence-electron chi connectivity index (χ2n) is 4.05. The average Bonchev–Trinajstić information content (AvgIpc) is 2.41. The highest BCUT2D eigenvalue weighted by molar-refractivity contribution is 5.81. The van der Waals surface area contributed by atoms with E-state index in [2.05, 4.69) is 9.97 Å². The predicted octanol–water partition coefficient (Wildman–Crippen LogP) is 2.96. The minimum atomic E-state index is -0.335. The Labute approximate surface area is 111 Å². The van der Waals surface area contributed by atoms with E-state index in [1.807, 2.05) is 31.2 Å². The zero-order chi connectivity index (χ0) is 13.7. The number of para-hydroxylation sites is 1. The molecule has 0 fully saturated rings. The first-order valence-corrected chi connectivity index (χ1v) is 5.89. The minimum absolute atomic E-state index is 0.335. The number of ether oxygens (including phenoxy) is 1. The van der Waals surface area contributed by atoms with Crippen molar-refractivity contribution in [2.45, 2.75) is 13.8 Å². The highest BCUT2D eigenvalue weighted by atomic mass is 16.5. The van der Waals surface area contributed by atoms with Crippen LogP contribution in [0.2, 0.25) is 0 Å². The van der Waals surface area contributed by atoms with Crippen molar-refractivity contribution in [2.75, 3.05) is 0 Å². The van der Waals surface area contributed by atoms with Gasteiger partial charge < -0.3 is 4.74 Å². The minimum Gasteiger partial charge on any atom is -0.426 e. The van der Waals surface area contributed by atoms with Crippen LogP contribution in [0.15, 0.2) is 42.9 Å². The molecule has 0 radical (unpaired) electrons. The van der Waals surface area contributed by atoms with Crippen molar-refractivity contribution in [3.05, 3.63) is 54.1 Å². The van der Waals surface area contributed by atoms with Gasteiger partial charge >= 0.3 is 5.97 Å². The summed E-state index contributed by atoms with van der Waals surface area (Å²) in [6.07, 6.45) is 6.89. The number of allylic oxidation sites excluding steroid dienone is 1. The molecular weight excluding hydrogens is 240 g/mol. The van der Waals surface area contributed by atoms with Crippen LogP contribution in [-0.2, 0) is 4.79 Å². The Kier molecular flexibility index (Phi) is 4.03. The Morgan fingerprint density at radius 1 is 1.21 bits per heavy atom. The molecule has 1 heterocycles. The molecule has 1 aromatic heterocycles. The molecule has 0 aliphatic carbocycles. The molecule has 4 nitrogen and oxygen atoms in total. The second kappa shape index (κ2) is 5.91. The molecule has 0 saturated heterocycles. The lowest BCUT2D eigenvalue weighted by molar-refractivity contribution is -0.131. The molecule has 0 aliphatic heterocycles. The van der Waals surface area contributed by atoms with Gasteiger partial charge in [0.25, 0.3) is 0 Å². The van der Waals surface area contributed by atoms with Crippen molar-refractivity contribution in [1.82, 2.24) is 9.97 Å². The highest BCUT2D eigenvalue weighted by Crippen LogP contribution is 2.23. The van der Waals surface area contributed by atoms with E-state index in [0.717, 1.165) is 16.8 Å². The lowest BCUT2D eigenvalue weighted by atomic mass is 10.1. The van der Waals surface area contributed by atoms with Crippen LogP contribution in [-0.4, -0.2) is 15.9 Å². The summed E-state index contributed by atoms with van der Waals surface area (Å²) in [5, 5.41) is 0. The van der Waals surface area contributed by atoms with Crippen LogP contribution < -0.4 is 4.74 Å². The number of nitrogens with zero attached hydrogens (tertiary/aromatic N) is 2. The van der Waals surface area contributed by atoms with Crippen molar-refractivity contribution < 1.29 is 9.53 Å². The summed E-state index contributed by atoms with van der Waals surface area (Å²) >= 11 is 0. The van der Waals surface area contributed by atoms with Crippen molar-refractivity contribution in [3.8, 4) is 5.75 Å². The molecule has 96 valence electrons. The maximum Gasteiger partial charge on any atom is 0.308 e. The molecule has 1 aromatic carbocycles. The van der Waals surface area contributed by atoms with Gasteiger partial charge in [-0.3, -0.25) is 14.8 Å². The SMILES string of the molecule is CC(=O)Oc1ccccc1C=C(C)c1cnccn1. The van der Waals surface area contributed by atoms with Crippen molar-refractivity contribution in [1.29, 1.82) is 0 Å². The lowest BCUT2D eigenvalue weighted by Gasteiger charge is -2.06. The molecule has 0 atom stereocenters. The van der Waals surface area contributed by atoms with Gasteiger partial charge in [0.15, 0.2) is 0 Å². The fourth-order valence-electron chi connectivity index (χ4n) is 1.66. The van der Waals surface area contributed by atoms with E-state index < -0.39 is 0 Å². The Morgan fingerprint density at radius 3 is 2.68 bits per heavy atom. The normalized spacial score (nSPS) is 11.2. The molecule has 0 unspecified atom stereocenters. The number of esters is 1. The van der Waals surface area contributed by atoms with Crippen LogP contribution in [0.4, 0.5) is 0 Å². The van der Waals surface area contributed by atoms with E-state index in [-0.39, 0.29) is 5.97 Å². The van der Waals surface area contributed by atoms with E-state index in [1.54, 1.807) is 24.7 Å². The summed E-state index contributed by atoms with van der Waals surface area (Å²) < 4.78 is 5.16. The molecular formula is C15H14N2O2. The smallest absolute Gasteiger partial charge is 0.308 e. The van der Waals surface area contributed by atoms with Crippen LogP contribution >= 0.6 is 0 Å². The fourth-order valence-corrected chi connectivity index (χ4v) is 1.66. The largest absolute Gasteiger partial charge is 0.426 e. The van der Waals surface area contributed by atoms with Gasteiger partial charge in [-0.1, -0.05) is 18.2 Å². The molecule has 0 bridgehead atoms. The number of hydrogen-bond acceptors (Lipinski definition) is 4. The van der Waals surface area contributed by atoms with Gasteiger partial charge in [0.1, 0.15) is 5.75 Å². The van der Waals surface area contributed by atoms with Crippen LogP contribution in [0.5, 0.6) is 5.75 Å². The molecule has 0 amide bonds. The van der Waals surface area contributed by atoms with E-state index in [4.69, 9.17) is 4.74 Å². The highest BCUT2D eigenvalue weighted by Gasteiger charge is 2.04. The fraction of sp³-hybridized carbons (Fsp3) is 0.133. The molecule has 4 heteroatoms. The summed E-state index contributed by atoms with van der Waals surface area (Å²) in [5.74, 6) is 0.205. The van der Waals surface area contributed by atoms with Crippen LogP contribution in [0.1, 0.15) is 25.1 Å². The van der Waals surface area contributed by atoms with E-state index in [1.165, 1.54) is 6.92 Å². The predicted molar refractivity (Wildman–Crippen MR) is 73.3 cm³/mol. The van der Waals surface area contributed by atoms with Crippen LogP contribution in [0.3, 0.4) is 0 Å². The average molecular weight is 254 g/mol. The van der Waals surface area contributed by atoms with Gasteiger partial charge in [0.2, 0.25) is 0 Å². The van der Waals surface area contributed by atoms with Gasteiger partial charge in [-0.25, -0.2) is 0 Å². The van der Waals surface area contributed by atoms with E-state index >= 15 is 0 Å². The van der Waals surface area contributed by atoms with E-state index in [0.29, 0.717) is 5.75 Å². The van der Waals surface area contributed by atoms with Gasteiger partial charge in [-0.15, -0.1) is 0 Å². The topological polar surface area (TPSA) is 52.1 Å². The van der Waals surface area contributed by atoms with Crippen molar-refractivity contribution in [3.63, 3.8) is 0 Å². The summed E-state index contributed by atoms with van der Waals surface area (Å²) in [5.41, 5.74) is 2.58.